The van der Waals surface area contributed by atoms with E-state index in [0.717, 1.165) is 3.79 Å². The molecule has 3 N–H and O–H groups in total. The van der Waals surface area contributed by atoms with Crippen LogP contribution in [0, 0.1) is 0 Å². The molecular weight excluding hydrogens is 404 g/mol. The van der Waals surface area contributed by atoms with Crippen LogP contribution in [0.1, 0.15) is 0 Å². The van der Waals surface area contributed by atoms with Crippen molar-refractivity contribution in [3.8, 4) is 0 Å². The first-order valence-corrected chi connectivity index (χ1v) is 8.61. The number of sulfonamides is 1. The number of hydrogen-bond donors (Lipinski definition) is 2. The van der Waals surface area contributed by atoms with E-state index in [1.165, 1.54) is 17.4 Å². The number of rotatable bonds is 3. The van der Waals surface area contributed by atoms with Crippen LogP contribution in [-0.2, 0) is 10.0 Å². The smallest absolute Gasteiger partial charge is 0.263 e. The molecule has 0 amide bonds. The fourth-order valence-electron chi connectivity index (χ4n) is 1.30. The zero-order valence-electron chi connectivity index (χ0n) is 8.85. The molecule has 0 aliphatic carbocycles. The zero-order chi connectivity index (χ0) is 13.3. The molecule has 0 saturated heterocycles. The molecule has 0 bridgehead atoms. The highest BCUT2D eigenvalue weighted by Crippen LogP contribution is 2.36. The first-order valence-electron chi connectivity index (χ1n) is 4.72. The third-order valence-electron chi connectivity index (χ3n) is 2.12. The summed E-state index contributed by atoms with van der Waals surface area (Å²) in [5.41, 5.74) is 6.45. The highest BCUT2D eigenvalue weighted by molar-refractivity contribution is 9.12. The van der Waals surface area contributed by atoms with Crippen molar-refractivity contribution in [2.24, 2.45) is 0 Å². The van der Waals surface area contributed by atoms with E-state index in [9.17, 15) is 8.42 Å². The average Bonchev–Trinajstić information content (AvgIpc) is 2.62. The summed E-state index contributed by atoms with van der Waals surface area (Å²) < 4.78 is 28.1. The predicted molar refractivity (Wildman–Crippen MR) is 81.4 cm³/mol. The van der Waals surface area contributed by atoms with Crippen molar-refractivity contribution >= 4 is 64.6 Å². The van der Waals surface area contributed by atoms with Gasteiger partial charge in [-0.2, -0.15) is 0 Å². The molecular formula is C10H8Br2N2O2S2. The molecule has 1 heterocycles. The normalized spacial score (nSPS) is 11.4. The molecule has 1 aromatic carbocycles. The van der Waals surface area contributed by atoms with Crippen LogP contribution < -0.4 is 10.5 Å². The molecule has 8 heteroatoms. The number of halogens is 2. The molecule has 4 nitrogen and oxygen atoms in total. The number of thiophene rings is 1. The van der Waals surface area contributed by atoms with Crippen LogP contribution in [0.3, 0.4) is 0 Å². The van der Waals surface area contributed by atoms with Crippen LogP contribution in [0.5, 0.6) is 0 Å². The second-order valence-corrected chi connectivity index (χ2v) is 8.78. The van der Waals surface area contributed by atoms with Gasteiger partial charge in [-0.1, -0.05) is 12.1 Å². The first-order chi connectivity index (χ1) is 8.40. The fourth-order valence-corrected chi connectivity index (χ4v) is 6.20. The summed E-state index contributed by atoms with van der Waals surface area (Å²) >= 11 is 7.76. The minimum atomic E-state index is -3.64. The Morgan fingerprint density at radius 2 is 1.89 bits per heavy atom. The summed E-state index contributed by atoms with van der Waals surface area (Å²) in [4.78, 5) is 0.183. The molecule has 0 unspecified atom stereocenters. The van der Waals surface area contributed by atoms with E-state index in [0.29, 0.717) is 15.2 Å². The average molecular weight is 412 g/mol. The van der Waals surface area contributed by atoms with Crippen molar-refractivity contribution in [1.29, 1.82) is 0 Å². The highest BCUT2D eigenvalue weighted by Gasteiger charge is 2.21. The summed E-state index contributed by atoms with van der Waals surface area (Å²) in [5.74, 6) is 0. The molecule has 2 aromatic rings. The highest BCUT2D eigenvalue weighted by atomic mass is 79.9. The molecule has 0 spiro atoms. The maximum absolute atomic E-state index is 12.2. The van der Waals surface area contributed by atoms with Gasteiger partial charge in [0.15, 0.2) is 0 Å². The monoisotopic (exact) mass is 410 g/mol. The Morgan fingerprint density at radius 1 is 1.22 bits per heavy atom. The maximum atomic E-state index is 12.2. The molecule has 96 valence electrons. The van der Waals surface area contributed by atoms with Crippen LogP contribution in [0.2, 0.25) is 0 Å². The number of nitrogens with two attached hydrogens (primary N) is 1. The fraction of sp³-hybridized carbons (Fsp3) is 0. The Kier molecular flexibility index (Phi) is 4.00. The van der Waals surface area contributed by atoms with Crippen LogP contribution in [0.4, 0.5) is 11.4 Å². The van der Waals surface area contributed by atoms with Gasteiger partial charge >= 0.3 is 0 Å². The number of para-hydroxylation sites is 2. The van der Waals surface area contributed by atoms with Gasteiger partial charge in [-0.3, -0.25) is 4.72 Å². The van der Waals surface area contributed by atoms with Gasteiger partial charge in [-0.25, -0.2) is 8.42 Å². The van der Waals surface area contributed by atoms with Crippen molar-refractivity contribution in [2.75, 3.05) is 10.5 Å². The topological polar surface area (TPSA) is 72.2 Å². The summed E-state index contributed by atoms with van der Waals surface area (Å²) in [5, 5.41) is 0. The van der Waals surface area contributed by atoms with Crippen LogP contribution in [0.25, 0.3) is 0 Å². The Balaban J connectivity index is 2.40. The summed E-state index contributed by atoms with van der Waals surface area (Å²) in [6.45, 7) is 0. The molecule has 2 rings (SSSR count). The number of benzene rings is 1. The Hall–Kier alpha value is -0.570. The second kappa shape index (κ2) is 5.20. The molecule has 0 radical (unpaired) electrons. The van der Waals surface area contributed by atoms with Gasteiger partial charge in [0.2, 0.25) is 0 Å². The van der Waals surface area contributed by atoms with Crippen molar-refractivity contribution in [3.05, 3.63) is 37.9 Å². The lowest BCUT2D eigenvalue weighted by molar-refractivity contribution is 0.601. The standard InChI is InChI=1S/C10H8Br2N2O2S2/c11-9-5-8(10(12)17-9)18(15,16)14-7-4-2-1-3-6(7)13/h1-5,14H,13H2. The SMILES string of the molecule is Nc1ccccc1NS(=O)(=O)c1cc(Br)sc1Br. The van der Waals surface area contributed by atoms with E-state index in [4.69, 9.17) is 5.73 Å². The summed E-state index contributed by atoms with van der Waals surface area (Å²) in [6, 6.07) is 8.24. The van der Waals surface area contributed by atoms with Gasteiger partial charge in [0.25, 0.3) is 10.0 Å². The van der Waals surface area contributed by atoms with Gasteiger partial charge in [0.05, 0.1) is 18.9 Å². The van der Waals surface area contributed by atoms with Gasteiger partial charge < -0.3 is 5.73 Å². The lowest BCUT2D eigenvalue weighted by Gasteiger charge is -2.09. The third-order valence-corrected chi connectivity index (χ3v) is 6.24. The minimum absolute atomic E-state index is 0.183. The van der Waals surface area contributed by atoms with Gasteiger partial charge in [0, 0.05) is 0 Å². The number of nitrogen functional groups attached to an aromatic ring is 1. The predicted octanol–water partition coefficient (Wildman–Crippen LogP) is 3.66. The maximum Gasteiger partial charge on any atom is 0.263 e. The molecule has 18 heavy (non-hydrogen) atoms. The Bertz CT molecular complexity index is 683. The summed E-state index contributed by atoms with van der Waals surface area (Å²) in [6.07, 6.45) is 0. The molecule has 0 aliphatic heterocycles. The minimum Gasteiger partial charge on any atom is -0.397 e. The largest absolute Gasteiger partial charge is 0.397 e. The quantitative estimate of drug-likeness (QED) is 0.757. The van der Waals surface area contributed by atoms with E-state index in [2.05, 4.69) is 36.6 Å². The second-order valence-electron chi connectivity index (χ2n) is 3.38. The Morgan fingerprint density at radius 3 is 2.44 bits per heavy atom. The first kappa shape index (κ1) is 13.9. The van der Waals surface area contributed by atoms with Crippen LogP contribution in [-0.4, -0.2) is 8.42 Å². The van der Waals surface area contributed by atoms with E-state index < -0.39 is 10.0 Å². The summed E-state index contributed by atoms with van der Waals surface area (Å²) in [7, 11) is -3.64. The van der Waals surface area contributed by atoms with Crippen molar-refractivity contribution < 1.29 is 8.42 Å². The molecule has 0 aliphatic rings. The third kappa shape index (κ3) is 2.87. The van der Waals surface area contributed by atoms with Crippen molar-refractivity contribution in [2.45, 2.75) is 4.90 Å². The lowest BCUT2D eigenvalue weighted by atomic mass is 10.3. The molecule has 1 aromatic heterocycles. The zero-order valence-corrected chi connectivity index (χ0v) is 13.7. The number of anilines is 2. The number of hydrogen-bond acceptors (Lipinski definition) is 4. The van der Waals surface area contributed by atoms with E-state index in [-0.39, 0.29) is 4.90 Å². The molecule has 0 saturated carbocycles. The Labute approximate surface area is 126 Å². The van der Waals surface area contributed by atoms with E-state index in [1.54, 1.807) is 24.3 Å². The number of nitrogens with one attached hydrogen (secondary N) is 1. The van der Waals surface area contributed by atoms with Crippen LogP contribution in [0.15, 0.2) is 42.8 Å². The lowest BCUT2D eigenvalue weighted by Crippen LogP contribution is -2.13. The molecule has 0 fully saturated rings. The van der Waals surface area contributed by atoms with Crippen molar-refractivity contribution in [3.63, 3.8) is 0 Å². The van der Waals surface area contributed by atoms with E-state index >= 15 is 0 Å². The van der Waals surface area contributed by atoms with Gasteiger partial charge in [0.1, 0.15) is 4.90 Å². The van der Waals surface area contributed by atoms with Crippen molar-refractivity contribution in [1.82, 2.24) is 0 Å². The van der Waals surface area contributed by atoms with E-state index in [1.807, 2.05) is 0 Å². The van der Waals surface area contributed by atoms with Gasteiger partial charge in [-0.15, -0.1) is 11.3 Å². The molecule has 0 atom stereocenters. The van der Waals surface area contributed by atoms with Gasteiger partial charge in [-0.05, 0) is 50.1 Å². The van der Waals surface area contributed by atoms with Crippen LogP contribution >= 0.6 is 43.2 Å².